The predicted octanol–water partition coefficient (Wildman–Crippen LogP) is 3.01. The van der Waals surface area contributed by atoms with Crippen LogP contribution >= 0.6 is 11.6 Å². The monoisotopic (exact) mass is 393 g/mol. The summed E-state index contributed by atoms with van der Waals surface area (Å²) in [5.74, 6) is -0.0318. The summed E-state index contributed by atoms with van der Waals surface area (Å²) in [6, 6.07) is 2.67. The fourth-order valence-electron chi connectivity index (χ4n) is 3.93. The Morgan fingerprint density at radius 3 is 2.81 bits per heavy atom. The molecule has 1 atom stereocenters. The lowest BCUT2D eigenvalue weighted by Gasteiger charge is -2.44. The lowest BCUT2D eigenvalue weighted by Crippen LogP contribution is -2.51. The molecule has 1 saturated heterocycles. The zero-order valence-electron chi connectivity index (χ0n) is 15.2. The zero-order valence-corrected chi connectivity index (χ0v) is 16.0. The van der Waals surface area contributed by atoms with Crippen LogP contribution in [0, 0.1) is 12.7 Å². The molecule has 2 aliphatic heterocycles. The fourth-order valence-corrected chi connectivity index (χ4v) is 4.16. The van der Waals surface area contributed by atoms with E-state index < -0.39 is 17.5 Å². The second-order valence-corrected chi connectivity index (χ2v) is 7.84. The Labute approximate surface area is 161 Å². The second kappa shape index (κ2) is 6.49. The van der Waals surface area contributed by atoms with Gasteiger partial charge in [-0.25, -0.2) is 4.39 Å². The molecule has 1 aromatic carbocycles. The maximum absolute atomic E-state index is 13.6. The number of carbonyl (C=O) groups is 1. The number of rotatable bonds is 1. The van der Waals surface area contributed by atoms with Gasteiger partial charge in [-0.2, -0.15) is 5.10 Å². The molecule has 144 valence electrons. The van der Waals surface area contributed by atoms with Gasteiger partial charge in [0.1, 0.15) is 23.2 Å². The van der Waals surface area contributed by atoms with E-state index in [0.717, 1.165) is 0 Å². The number of aliphatic hydroxyl groups is 1. The largest absolute Gasteiger partial charge is 0.483 e. The van der Waals surface area contributed by atoms with Crippen molar-refractivity contribution >= 4 is 17.5 Å². The maximum atomic E-state index is 13.6. The molecule has 1 unspecified atom stereocenters. The molecule has 6 nitrogen and oxygen atoms in total. The fraction of sp³-hybridized carbons (Fsp3) is 0.474. The second-order valence-electron chi connectivity index (χ2n) is 7.43. The molecule has 2 aliphatic rings. The number of amides is 1. The first kappa shape index (κ1) is 18.3. The Kier molecular flexibility index (Phi) is 4.39. The molecular weight excluding hydrogens is 373 g/mol. The van der Waals surface area contributed by atoms with Gasteiger partial charge in [0, 0.05) is 39.4 Å². The summed E-state index contributed by atoms with van der Waals surface area (Å²) >= 11 is 6.08. The quantitative estimate of drug-likeness (QED) is 0.808. The molecular formula is C19H21ClFN3O3. The Hall–Kier alpha value is -2.12. The molecule has 27 heavy (non-hydrogen) atoms. The minimum absolute atomic E-state index is 0.118. The Bertz CT molecular complexity index is 906. The SMILES string of the molecule is Cc1cc(C(=O)N2CCC3(CC2)CC(O)c2nn(C)cc2O3)c(Cl)cc1F. The Morgan fingerprint density at radius 2 is 2.11 bits per heavy atom. The van der Waals surface area contributed by atoms with Crippen molar-refractivity contribution in [3.05, 3.63) is 46.0 Å². The lowest BCUT2D eigenvalue weighted by atomic mass is 9.83. The van der Waals surface area contributed by atoms with E-state index >= 15 is 0 Å². The number of benzene rings is 1. The molecule has 1 fully saturated rings. The number of likely N-dealkylation sites (tertiary alicyclic amines) is 1. The van der Waals surface area contributed by atoms with Gasteiger partial charge in [-0.1, -0.05) is 11.6 Å². The van der Waals surface area contributed by atoms with Crippen LogP contribution in [0.1, 0.15) is 47.0 Å². The third kappa shape index (κ3) is 3.19. The van der Waals surface area contributed by atoms with Gasteiger partial charge in [0.25, 0.3) is 5.91 Å². The van der Waals surface area contributed by atoms with Crippen molar-refractivity contribution in [2.75, 3.05) is 13.1 Å². The van der Waals surface area contributed by atoms with Gasteiger partial charge in [-0.05, 0) is 24.6 Å². The minimum atomic E-state index is -0.675. The molecule has 4 rings (SSSR count). The predicted molar refractivity (Wildman–Crippen MR) is 97.4 cm³/mol. The molecule has 0 saturated carbocycles. The molecule has 0 aliphatic carbocycles. The van der Waals surface area contributed by atoms with Crippen molar-refractivity contribution in [1.82, 2.24) is 14.7 Å². The molecule has 0 bridgehead atoms. The van der Waals surface area contributed by atoms with Gasteiger partial charge in [0.15, 0.2) is 5.75 Å². The number of halogens is 2. The Balaban J connectivity index is 1.49. The maximum Gasteiger partial charge on any atom is 0.255 e. The van der Waals surface area contributed by atoms with E-state index in [2.05, 4.69) is 5.10 Å². The number of hydrogen-bond acceptors (Lipinski definition) is 4. The first-order chi connectivity index (χ1) is 12.8. The van der Waals surface area contributed by atoms with Crippen LogP contribution in [0.15, 0.2) is 18.3 Å². The summed E-state index contributed by atoms with van der Waals surface area (Å²) in [4.78, 5) is 14.5. The third-order valence-corrected chi connectivity index (χ3v) is 5.78. The minimum Gasteiger partial charge on any atom is -0.483 e. The van der Waals surface area contributed by atoms with Crippen LogP contribution in [0.25, 0.3) is 0 Å². The summed E-state index contributed by atoms with van der Waals surface area (Å²) in [6.45, 7) is 2.57. The van der Waals surface area contributed by atoms with Crippen LogP contribution in [0.2, 0.25) is 5.02 Å². The normalized spacial score (nSPS) is 21.1. The van der Waals surface area contributed by atoms with E-state index in [1.54, 1.807) is 29.7 Å². The van der Waals surface area contributed by atoms with E-state index in [1.165, 1.54) is 12.1 Å². The molecule has 1 spiro atoms. The highest BCUT2D eigenvalue weighted by atomic mass is 35.5. The number of aryl methyl sites for hydroxylation is 2. The van der Waals surface area contributed by atoms with Crippen molar-refractivity contribution in [1.29, 1.82) is 0 Å². The number of piperidine rings is 1. The highest BCUT2D eigenvalue weighted by Gasteiger charge is 2.45. The van der Waals surface area contributed by atoms with Gasteiger partial charge in [0.2, 0.25) is 0 Å². The molecule has 3 heterocycles. The van der Waals surface area contributed by atoms with E-state index in [0.29, 0.717) is 54.9 Å². The van der Waals surface area contributed by atoms with Gasteiger partial charge < -0.3 is 14.7 Å². The molecule has 1 amide bonds. The highest BCUT2D eigenvalue weighted by molar-refractivity contribution is 6.33. The number of aliphatic hydroxyl groups excluding tert-OH is 1. The molecule has 2 aromatic rings. The number of hydrogen-bond donors (Lipinski definition) is 1. The van der Waals surface area contributed by atoms with Gasteiger partial charge >= 0.3 is 0 Å². The number of ether oxygens (including phenoxy) is 1. The van der Waals surface area contributed by atoms with Crippen molar-refractivity contribution < 1.29 is 19.0 Å². The molecule has 8 heteroatoms. The van der Waals surface area contributed by atoms with Crippen LogP contribution in [-0.2, 0) is 7.05 Å². The van der Waals surface area contributed by atoms with E-state index in [-0.39, 0.29) is 10.9 Å². The van der Waals surface area contributed by atoms with Crippen molar-refractivity contribution in [3.63, 3.8) is 0 Å². The van der Waals surface area contributed by atoms with Crippen LogP contribution in [0.4, 0.5) is 4.39 Å². The first-order valence-electron chi connectivity index (χ1n) is 8.93. The van der Waals surface area contributed by atoms with Gasteiger partial charge in [-0.3, -0.25) is 9.48 Å². The average molecular weight is 394 g/mol. The first-order valence-corrected chi connectivity index (χ1v) is 9.31. The van der Waals surface area contributed by atoms with Crippen molar-refractivity contribution in [2.24, 2.45) is 7.05 Å². The number of nitrogens with zero attached hydrogens (tertiary/aromatic N) is 3. The van der Waals surface area contributed by atoms with E-state index in [9.17, 15) is 14.3 Å². The molecule has 0 radical (unpaired) electrons. The van der Waals surface area contributed by atoms with Crippen molar-refractivity contribution in [2.45, 2.75) is 37.9 Å². The topological polar surface area (TPSA) is 67.6 Å². The van der Waals surface area contributed by atoms with Crippen molar-refractivity contribution in [3.8, 4) is 5.75 Å². The van der Waals surface area contributed by atoms with Gasteiger partial charge in [0.05, 0.1) is 16.8 Å². The summed E-state index contributed by atoms with van der Waals surface area (Å²) < 4.78 is 21.4. The van der Waals surface area contributed by atoms with Gasteiger partial charge in [-0.15, -0.1) is 0 Å². The zero-order chi connectivity index (χ0) is 19.3. The van der Waals surface area contributed by atoms with Crippen LogP contribution < -0.4 is 4.74 Å². The Morgan fingerprint density at radius 1 is 1.41 bits per heavy atom. The third-order valence-electron chi connectivity index (χ3n) is 5.47. The smallest absolute Gasteiger partial charge is 0.255 e. The standard InChI is InChI=1S/C19H21ClFN3O3/c1-11-7-12(13(20)8-14(11)21)18(26)24-5-3-19(4-6-24)9-15(25)17-16(27-19)10-23(2)22-17/h7-8,10,15,25H,3-6,9H2,1-2H3. The number of fused-ring (bicyclic) bond motifs is 1. The number of carbonyl (C=O) groups excluding carboxylic acids is 1. The van der Waals surface area contributed by atoms with E-state index in [1.807, 2.05) is 0 Å². The van der Waals surface area contributed by atoms with E-state index in [4.69, 9.17) is 16.3 Å². The van der Waals surface area contributed by atoms with Crippen LogP contribution in [0.3, 0.4) is 0 Å². The summed E-state index contributed by atoms with van der Waals surface area (Å²) in [5, 5.41) is 14.8. The highest BCUT2D eigenvalue weighted by Crippen LogP contribution is 2.43. The summed E-state index contributed by atoms with van der Waals surface area (Å²) in [6.07, 6.45) is 2.74. The summed E-state index contributed by atoms with van der Waals surface area (Å²) in [5.41, 5.74) is 0.759. The van der Waals surface area contributed by atoms with Crippen LogP contribution in [-0.4, -0.2) is 44.4 Å². The molecule has 1 aromatic heterocycles. The lowest BCUT2D eigenvalue weighted by molar-refractivity contribution is -0.0504. The number of aromatic nitrogens is 2. The van der Waals surface area contributed by atoms with Crippen LogP contribution in [0.5, 0.6) is 5.75 Å². The molecule has 1 N–H and O–H groups in total. The summed E-state index contributed by atoms with van der Waals surface area (Å²) in [7, 11) is 1.79. The average Bonchev–Trinajstić information content (AvgIpc) is 2.99.